The number of aryl methyl sites for hydroxylation is 1. The molecule has 0 saturated heterocycles. The first-order valence-corrected chi connectivity index (χ1v) is 15.4. The van der Waals surface area contributed by atoms with Gasteiger partial charge in [-0.05, 0) is 66.6 Å². The SMILES string of the molecule is CNC(=O)[C@H](Cc1ccccc1)N(Cc1ccc(Cl)cc1)C(=O)CN(c1ccc(Cl)cc1)S(=O)(=O)c1ccc(C)cc1. The third-order valence-corrected chi connectivity index (χ3v) is 9.08. The number of rotatable bonds is 11. The summed E-state index contributed by atoms with van der Waals surface area (Å²) < 4.78 is 29.0. The van der Waals surface area contributed by atoms with Crippen LogP contribution < -0.4 is 9.62 Å². The Morgan fingerprint density at radius 2 is 1.36 bits per heavy atom. The molecule has 0 unspecified atom stereocenters. The van der Waals surface area contributed by atoms with Crippen molar-refractivity contribution >= 4 is 50.7 Å². The van der Waals surface area contributed by atoms with E-state index in [0.717, 1.165) is 21.0 Å². The number of carbonyl (C=O) groups is 2. The van der Waals surface area contributed by atoms with Crippen LogP contribution in [-0.2, 0) is 32.6 Å². The summed E-state index contributed by atoms with van der Waals surface area (Å²) in [6.07, 6.45) is 0.228. The van der Waals surface area contributed by atoms with Crippen molar-refractivity contribution in [2.75, 3.05) is 17.9 Å². The number of anilines is 1. The molecule has 218 valence electrons. The van der Waals surface area contributed by atoms with Gasteiger partial charge in [-0.3, -0.25) is 13.9 Å². The van der Waals surface area contributed by atoms with E-state index in [1.165, 1.54) is 24.1 Å². The van der Waals surface area contributed by atoms with E-state index in [2.05, 4.69) is 5.32 Å². The Bertz CT molecular complexity index is 1610. The molecule has 1 N–H and O–H groups in total. The predicted molar refractivity (Wildman–Crippen MR) is 167 cm³/mol. The molecular formula is C32H31Cl2N3O4S. The molecule has 7 nitrogen and oxygen atoms in total. The maximum atomic E-state index is 14.2. The first kappa shape index (κ1) is 31.1. The summed E-state index contributed by atoms with van der Waals surface area (Å²) in [6, 6.07) is 28.0. The standard InChI is InChI=1S/C32H31Cl2N3O4S/c1-23-8-18-29(19-9-23)42(40,41)37(28-16-14-27(34)15-17-28)22-31(38)36(21-25-10-12-26(33)13-11-25)30(32(39)35-2)20-24-6-4-3-5-7-24/h3-19,30H,20-22H2,1-2H3,(H,35,39)/t30-/m0/s1. The number of nitrogens with zero attached hydrogens (tertiary/aromatic N) is 2. The average Bonchev–Trinajstić information content (AvgIpc) is 2.99. The van der Waals surface area contributed by atoms with Crippen molar-refractivity contribution < 1.29 is 18.0 Å². The van der Waals surface area contributed by atoms with Crippen molar-refractivity contribution in [1.29, 1.82) is 0 Å². The third kappa shape index (κ3) is 7.70. The number of benzene rings is 4. The van der Waals surface area contributed by atoms with Crippen LogP contribution in [-0.4, -0.2) is 44.8 Å². The van der Waals surface area contributed by atoms with E-state index in [0.29, 0.717) is 10.0 Å². The first-order valence-electron chi connectivity index (χ1n) is 13.2. The number of amides is 2. The summed E-state index contributed by atoms with van der Waals surface area (Å²) in [5, 5.41) is 3.62. The van der Waals surface area contributed by atoms with Gasteiger partial charge in [-0.15, -0.1) is 0 Å². The fraction of sp³-hybridized carbons (Fsp3) is 0.188. The second-order valence-electron chi connectivity index (χ2n) is 9.77. The molecule has 10 heteroatoms. The maximum Gasteiger partial charge on any atom is 0.264 e. The van der Waals surface area contributed by atoms with Crippen LogP contribution in [0.1, 0.15) is 16.7 Å². The Morgan fingerprint density at radius 3 is 1.93 bits per heavy atom. The molecule has 2 amide bonds. The fourth-order valence-corrected chi connectivity index (χ4v) is 6.15. The molecule has 0 aliphatic heterocycles. The molecule has 4 rings (SSSR count). The van der Waals surface area contributed by atoms with Gasteiger partial charge in [-0.25, -0.2) is 8.42 Å². The van der Waals surface area contributed by atoms with E-state index >= 15 is 0 Å². The minimum absolute atomic E-state index is 0.0345. The Hall–Kier alpha value is -3.85. The number of hydrogen-bond acceptors (Lipinski definition) is 4. The van der Waals surface area contributed by atoms with Crippen molar-refractivity contribution in [2.24, 2.45) is 0 Å². The number of carbonyl (C=O) groups excluding carboxylic acids is 2. The zero-order valence-corrected chi connectivity index (χ0v) is 25.5. The molecule has 4 aromatic rings. The number of likely N-dealkylation sites (N-methyl/N-ethyl adjacent to an activating group) is 1. The van der Waals surface area contributed by atoms with E-state index in [9.17, 15) is 18.0 Å². The van der Waals surface area contributed by atoms with E-state index in [-0.39, 0.29) is 29.5 Å². The van der Waals surface area contributed by atoms with Gasteiger partial charge >= 0.3 is 0 Å². The molecule has 0 heterocycles. The lowest BCUT2D eigenvalue weighted by Crippen LogP contribution is -2.53. The molecule has 0 aromatic heterocycles. The van der Waals surface area contributed by atoms with Crippen LogP contribution in [0.5, 0.6) is 0 Å². The molecule has 4 aromatic carbocycles. The van der Waals surface area contributed by atoms with Gasteiger partial charge in [0.1, 0.15) is 12.6 Å². The zero-order valence-electron chi connectivity index (χ0n) is 23.2. The van der Waals surface area contributed by atoms with Crippen molar-refractivity contribution in [3.8, 4) is 0 Å². The summed E-state index contributed by atoms with van der Waals surface area (Å²) in [5.74, 6) is -0.930. The number of halogens is 2. The molecule has 0 radical (unpaired) electrons. The zero-order chi connectivity index (χ0) is 30.3. The third-order valence-electron chi connectivity index (χ3n) is 6.79. The topological polar surface area (TPSA) is 86.8 Å². The predicted octanol–water partition coefficient (Wildman–Crippen LogP) is 5.88. The molecular weight excluding hydrogens is 593 g/mol. The van der Waals surface area contributed by atoms with Crippen LogP contribution >= 0.6 is 23.2 Å². The number of hydrogen-bond donors (Lipinski definition) is 1. The van der Waals surface area contributed by atoms with Crippen molar-refractivity contribution in [1.82, 2.24) is 10.2 Å². The largest absolute Gasteiger partial charge is 0.357 e. The summed E-state index contributed by atoms with van der Waals surface area (Å²) in [5.41, 5.74) is 2.74. The fourth-order valence-electron chi connectivity index (χ4n) is 4.48. The molecule has 42 heavy (non-hydrogen) atoms. The minimum atomic E-state index is -4.18. The minimum Gasteiger partial charge on any atom is -0.357 e. The monoisotopic (exact) mass is 623 g/mol. The summed E-state index contributed by atoms with van der Waals surface area (Å²) in [7, 11) is -2.67. The van der Waals surface area contributed by atoms with Gasteiger partial charge in [0.15, 0.2) is 0 Å². The van der Waals surface area contributed by atoms with Crippen LogP contribution in [0.2, 0.25) is 10.0 Å². The van der Waals surface area contributed by atoms with Gasteiger partial charge in [0.25, 0.3) is 10.0 Å². The molecule has 0 aliphatic carbocycles. The molecule has 0 spiro atoms. The average molecular weight is 625 g/mol. The molecule has 0 saturated carbocycles. The van der Waals surface area contributed by atoms with Crippen LogP contribution in [0.25, 0.3) is 0 Å². The summed E-state index contributed by atoms with van der Waals surface area (Å²) in [4.78, 5) is 29.0. The quantitative estimate of drug-likeness (QED) is 0.226. The highest BCUT2D eigenvalue weighted by atomic mass is 35.5. The van der Waals surface area contributed by atoms with Gasteiger partial charge in [-0.1, -0.05) is 83.4 Å². The van der Waals surface area contributed by atoms with Gasteiger partial charge in [0.05, 0.1) is 10.6 Å². The van der Waals surface area contributed by atoms with Gasteiger partial charge in [0, 0.05) is 30.1 Å². The highest BCUT2D eigenvalue weighted by molar-refractivity contribution is 7.92. The van der Waals surface area contributed by atoms with Crippen LogP contribution in [0.4, 0.5) is 5.69 Å². The maximum absolute atomic E-state index is 14.2. The Morgan fingerprint density at radius 1 is 0.786 bits per heavy atom. The lowest BCUT2D eigenvalue weighted by Gasteiger charge is -2.33. The van der Waals surface area contributed by atoms with Crippen LogP contribution in [0.3, 0.4) is 0 Å². The van der Waals surface area contributed by atoms with Crippen LogP contribution in [0.15, 0.2) is 108 Å². The lowest BCUT2D eigenvalue weighted by molar-refractivity contribution is -0.139. The highest BCUT2D eigenvalue weighted by Gasteiger charge is 2.34. The van der Waals surface area contributed by atoms with Gasteiger partial charge in [0.2, 0.25) is 11.8 Å². The van der Waals surface area contributed by atoms with Crippen molar-refractivity contribution in [3.05, 3.63) is 130 Å². The Kier molecular flexibility index (Phi) is 10.3. The number of nitrogens with one attached hydrogen (secondary N) is 1. The second-order valence-corrected chi connectivity index (χ2v) is 12.5. The normalized spacial score (nSPS) is 11.9. The molecule has 0 fully saturated rings. The molecule has 0 aliphatic rings. The van der Waals surface area contributed by atoms with Gasteiger partial charge < -0.3 is 10.2 Å². The first-order chi connectivity index (χ1) is 20.1. The van der Waals surface area contributed by atoms with Crippen molar-refractivity contribution in [3.63, 3.8) is 0 Å². The molecule has 1 atom stereocenters. The van der Waals surface area contributed by atoms with Crippen LogP contribution in [0, 0.1) is 6.92 Å². The Labute approximate surface area is 256 Å². The van der Waals surface area contributed by atoms with E-state index in [4.69, 9.17) is 23.2 Å². The second kappa shape index (κ2) is 13.9. The van der Waals surface area contributed by atoms with E-state index in [1.807, 2.05) is 37.3 Å². The number of sulfonamides is 1. The van der Waals surface area contributed by atoms with E-state index < -0.39 is 28.5 Å². The highest BCUT2D eigenvalue weighted by Crippen LogP contribution is 2.27. The van der Waals surface area contributed by atoms with E-state index in [1.54, 1.807) is 60.7 Å². The van der Waals surface area contributed by atoms with Crippen molar-refractivity contribution in [2.45, 2.75) is 30.8 Å². The lowest BCUT2D eigenvalue weighted by atomic mass is 10.0. The smallest absolute Gasteiger partial charge is 0.264 e. The summed E-state index contributed by atoms with van der Waals surface area (Å²) >= 11 is 12.2. The Balaban J connectivity index is 1.77. The summed E-state index contributed by atoms with van der Waals surface area (Å²) in [6.45, 7) is 1.37. The van der Waals surface area contributed by atoms with Gasteiger partial charge in [-0.2, -0.15) is 0 Å². The molecule has 0 bridgehead atoms.